The quantitative estimate of drug-likeness (QED) is 0.422. The van der Waals surface area contributed by atoms with E-state index in [1.54, 1.807) is 13.8 Å². The first-order valence-electron chi connectivity index (χ1n) is 6.07. The molecule has 0 radical (unpaired) electrons. The van der Waals surface area contributed by atoms with Crippen LogP contribution in [-0.4, -0.2) is 64.5 Å². The molecule has 0 rings (SSSR count). The average Bonchev–Trinajstić information content (AvgIpc) is 2.31. The Labute approximate surface area is 132 Å². The van der Waals surface area contributed by atoms with Crippen molar-refractivity contribution in [3.05, 3.63) is 0 Å². The van der Waals surface area contributed by atoms with E-state index >= 15 is 0 Å². The van der Waals surface area contributed by atoms with E-state index in [0.29, 0.717) is 19.8 Å². The summed E-state index contributed by atoms with van der Waals surface area (Å²) in [6.07, 6.45) is 0. The highest BCUT2D eigenvalue weighted by Gasteiger charge is 2.25. The molecule has 0 aromatic rings. The highest BCUT2D eigenvalue weighted by atomic mass is 35.5. The summed E-state index contributed by atoms with van der Waals surface area (Å²) in [6, 6.07) is 0. The summed E-state index contributed by atoms with van der Waals surface area (Å²) in [5, 5.41) is 0. The van der Waals surface area contributed by atoms with Crippen molar-refractivity contribution >= 4 is 32.2 Å². The molecule has 0 saturated carbocycles. The normalized spacial score (nSPS) is 11.6. The number of hydrogen-bond acceptors (Lipinski definition) is 8. The van der Waals surface area contributed by atoms with E-state index in [1.165, 1.54) is 0 Å². The molecule has 0 bridgehead atoms. The molecule has 0 aromatic carbocycles. The van der Waals surface area contributed by atoms with E-state index in [9.17, 15) is 8.42 Å². The van der Waals surface area contributed by atoms with Crippen molar-refractivity contribution in [2.45, 2.75) is 26.3 Å². The lowest BCUT2D eigenvalue weighted by atomic mass is 10.1. The van der Waals surface area contributed by atoms with Gasteiger partial charge in [-0.25, -0.2) is 13.3 Å². The standard InChI is InChI=1S/C10H22ClNO4S.O3S/c1-4-15-5-6-16-7-8-17(13,14)9-10(2,3)12-11;1-4(2)3/h12H,4-9H2,1-3H3;. The van der Waals surface area contributed by atoms with Crippen molar-refractivity contribution < 1.29 is 30.5 Å². The summed E-state index contributed by atoms with van der Waals surface area (Å²) in [5.41, 5.74) is -0.633. The zero-order valence-corrected chi connectivity index (χ0v) is 14.7. The van der Waals surface area contributed by atoms with Gasteiger partial charge in [-0.3, -0.25) is 0 Å². The van der Waals surface area contributed by atoms with Crippen LogP contribution in [0.3, 0.4) is 0 Å². The van der Waals surface area contributed by atoms with Crippen LogP contribution in [0.1, 0.15) is 20.8 Å². The van der Waals surface area contributed by atoms with Crippen LogP contribution in [0.15, 0.2) is 0 Å². The molecule has 8 nitrogen and oxygen atoms in total. The lowest BCUT2D eigenvalue weighted by Gasteiger charge is -2.21. The van der Waals surface area contributed by atoms with Crippen LogP contribution in [-0.2, 0) is 29.9 Å². The Morgan fingerprint density at radius 2 is 1.57 bits per heavy atom. The highest BCUT2D eigenvalue weighted by molar-refractivity contribution is 7.91. The van der Waals surface area contributed by atoms with Crippen LogP contribution < -0.4 is 4.84 Å². The van der Waals surface area contributed by atoms with Gasteiger partial charge in [0.05, 0.1) is 31.3 Å². The summed E-state index contributed by atoms with van der Waals surface area (Å²) < 4.78 is 58.9. The van der Waals surface area contributed by atoms with Crippen molar-refractivity contribution in [1.29, 1.82) is 0 Å². The average molecular weight is 368 g/mol. The monoisotopic (exact) mass is 367 g/mol. The van der Waals surface area contributed by atoms with Crippen molar-refractivity contribution in [2.24, 2.45) is 0 Å². The molecule has 0 unspecified atom stereocenters. The fraction of sp³-hybridized carbons (Fsp3) is 1.00. The molecule has 0 aromatic heterocycles. The number of ether oxygens (including phenoxy) is 2. The number of hydrogen-bond donors (Lipinski definition) is 1. The molecule has 11 heteroatoms. The third-order valence-electron chi connectivity index (χ3n) is 1.95. The van der Waals surface area contributed by atoms with Crippen LogP contribution in [0.25, 0.3) is 0 Å². The van der Waals surface area contributed by atoms with Gasteiger partial charge in [0.25, 0.3) is 0 Å². The Morgan fingerprint density at radius 3 is 2.00 bits per heavy atom. The molecule has 0 spiro atoms. The molecule has 1 N–H and O–H groups in total. The van der Waals surface area contributed by atoms with E-state index in [1.807, 2.05) is 6.92 Å². The van der Waals surface area contributed by atoms with Gasteiger partial charge in [0.15, 0.2) is 9.84 Å². The van der Waals surface area contributed by atoms with Gasteiger partial charge in [0.1, 0.15) is 0 Å². The van der Waals surface area contributed by atoms with Crippen molar-refractivity contribution in [1.82, 2.24) is 4.84 Å². The van der Waals surface area contributed by atoms with Crippen molar-refractivity contribution in [2.75, 3.05) is 37.9 Å². The van der Waals surface area contributed by atoms with Gasteiger partial charge in [0, 0.05) is 12.1 Å². The van der Waals surface area contributed by atoms with E-state index in [-0.39, 0.29) is 18.1 Å². The third-order valence-corrected chi connectivity index (χ3v) is 4.41. The minimum Gasteiger partial charge on any atom is -0.379 e. The molecule has 21 heavy (non-hydrogen) atoms. The largest absolute Gasteiger partial charge is 0.425 e. The summed E-state index contributed by atoms with van der Waals surface area (Å²) >= 11 is 5.46. The predicted molar refractivity (Wildman–Crippen MR) is 78.7 cm³/mol. The number of sulfone groups is 1. The van der Waals surface area contributed by atoms with E-state index in [0.717, 1.165) is 0 Å². The molecule has 0 aliphatic rings. The minimum absolute atomic E-state index is 0.00111. The second-order valence-electron chi connectivity index (χ2n) is 4.58. The highest BCUT2D eigenvalue weighted by Crippen LogP contribution is 2.08. The predicted octanol–water partition coefficient (Wildman–Crippen LogP) is -0.0278. The molecule has 0 fully saturated rings. The lowest BCUT2D eigenvalue weighted by Crippen LogP contribution is -2.41. The van der Waals surface area contributed by atoms with E-state index < -0.39 is 26.0 Å². The maximum Gasteiger partial charge on any atom is 0.425 e. The molecular formula is C10H22ClNO7S2. The number of rotatable bonds is 10. The van der Waals surface area contributed by atoms with Crippen LogP contribution in [0, 0.1) is 0 Å². The molecule has 0 heterocycles. The minimum atomic E-state index is -3.16. The first-order chi connectivity index (χ1) is 9.56. The van der Waals surface area contributed by atoms with Crippen molar-refractivity contribution in [3.63, 3.8) is 0 Å². The number of halogens is 1. The summed E-state index contributed by atoms with van der Waals surface area (Å²) in [5.74, 6) is -0.0144. The first-order valence-corrected chi connectivity index (χ1v) is 9.26. The lowest BCUT2D eigenvalue weighted by molar-refractivity contribution is 0.0590. The van der Waals surface area contributed by atoms with Gasteiger partial charge in [-0.15, -0.1) is 12.6 Å². The topological polar surface area (TPSA) is 116 Å². The summed E-state index contributed by atoms with van der Waals surface area (Å²) in [4.78, 5) is 2.45. The van der Waals surface area contributed by atoms with E-state index in [4.69, 9.17) is 33.9 Å². The maximum absolute atomic E-state index is 11.7. The van der Waals surface area contributed by atoms with E-state index in [2.05, 4.69) is 4.84 Å². The Morgan fingerprint density at radius 1 is 1.10 bits per heavy atom. The summed E-state index contributed by atoms with van der Waals surface area (Å²) in [7, 11) is -6.27. The smallest absolute Gasteiger partial charge is 0.379 e. The fourth-order valence-corrected chi connectivity index (χ4v) is 3.03. The maximum atomic E-state index is 11.7. The Balaban J connectivity index is 0. The molecule has 0 aliphatic carbocycles. The Bertz CT molecular complexity index is 454. The molecule has 0 amide bonds. The molecular weight excluding hydrogens is 346 g/mol. The van der Waals surface area contributed by atoms with Crippen LogP contribution in [0.5, 0.6) is 0 Å². The van der Waals surface area contributed by atoms with Crippen molar-refractivity contribution in [3.8, 4) is 0 Å². The van der Waals surface area contributed by atoms with Gasteiger partial charge >= 0.3 is 10.6 Å². The first kappa shape index (κ1) is 23.0. The van der Waals surface area contributed by atoms with Gasteiger partial charge in [-0.2, -0.15) is 0 Å². The van der Waals surface area contributed by atoms with Crippen LogP contribution in [0.2, 0.25) is 0 Å². The molecule has 0 atom stereocenters. The molecule has 0 aliphatic heterocycles. The van der Waals surface area contributed by atoms with Crippen LogP contribution >= 0.6 is 11.8 Å². The zero-order chi connectivity index (χ0) is 16.9. The van der Waals surface area contributed by atoms with Gasteiger partial charge in [-0.05, 0) is 32.5 Å². The zero-order valence-electron chi connectivity index (χ0n) is 12.3. The fourth-order valence-electron chi connectivity index (χ4n) is 1.20. The SMILES string of the molecule is CCOCCOCCS(=O)(=O)CC(C)(C)NCl.O=S(=O)=O. The summed E-state index contributed by atoms with van der Waals surface area (Å²) in [6.45, 7) is 7.09. The molecule has 128 valence electrons. The van der Waals surface area contributed by atoms with Gasteiger partial charge in [-0.1, -0.05) is 0 Å². The Kier molecular flexibility index (Phi) is 13.5. The molecule has 0 saturated heterocycles. The third kappa shape index (κ3) is 19.7. The van der Waals surface area contributed by atoms with Crippen LogP contribution in [0.4, 0.5) is 0 Å². The second kappa shape index (κ2) is 12.3. The number of nitrogens with one attached hydrogen (secondary N) is 1. The Hall–Kier alpha value is -0.260. The van der Waals surface area contributed by atoms with Gasteiger partial charge < -0.3 is 9.47 Å². The second-order valence-corrected chi connectivity index (χ2v) is 7.37. The van der Waals surface area contributed by atoms with Gasteiger partial charge in [0.2, 0.25) is 0 Å².